The highest BCUT2D eigenvalue weighted by Gasteiger charge is 2.31. The fourth-order valence-electron chi connectivity index (χ4n) is 4.43. The molecule has 3 aromatic rings. The van der Waals surface area contributed by atoms with Gasteiger partial charge < -0.3 is 28.4 Å². The Hall–Kier alpha value is -4.28. The van der Waals surface area contributed by atoms with Crippen molar-refractivity contribution in [1.29, 1.82) is 0 Å². The lowest BCUT2D eigenvalue weighted by Gasteiger charge is -2.18. The first kappa shape index (κ1) is 30.7. The molecule has 1 aromatic heterocycles. The predicted octanol–water partition coefficient (Wildman–Crippen LogP) is 4.93. The third-order valence-electron chi connectivity index (χ3n) is 6.32. The topological polar surface area (TPSA) is 115 Å². The summed E-state index contributed by atoms with van der Waals surface area (Å²) < 4.78 is 33.6. The van der Waals surface area contributed by atoms with E-state index < -0.39 is 23.8 Å². The van der Waals surface area contributed by atoms with Gasteiger partial charge in [0.25, 0.3) is 0 Å². The van der Waals surface area contributed by atoms with Gasteiger partial charge in [0, 0.05) is 19.5 Å². The van der Waals surface area contributed by atoms with Crippen molar-refractivity contribution in [2.45, 2.75) is 58.7 Å². The lowest BCUT2D eigenvalue weighted by molar-refractivity contribution is -0.166. The maximum absolute atomic E-state index is 12.6. The largest absolute Gasteiger partial charge is 0.496 e. The van der Waals surface area contributed by atoms with Crippen molar-refractivity contribution < 1.29 is 38.0 Å². The van der Waals surface area contributed by atoms with Crippen molar-refractivity contribution in [3.8, 4) is 22.9 Å². The van der Waals surface area contributed by atoms with Crippen LogP contribution < -0.4 is 9.47 Å². The molecule has 1 saturated heterocycles. The second-order valence-corrected chi connectivity index (χ2v) is 10.0. The van der Waals surface area contributed by atoms with Crippen molar-refractivity contribution >= 4 is 18.0 Å². The Morgan fingerprint density at radius 2 is 1.95 bits per heavy atom. The number of para-hydroxylation sites is 1. The monoisotopic (exact) mass is 576 g/mol. The van der Waals surface area contributed by atoms with E-state index in [1.807, 2.05) is 68.5 Å². The van der Waals surface area contributed by atoms with Crippen LogP contribution >= 0.6 is 0 Å². The lowest BCUT2D eigenvalue weighted by atomic mass is 10.0. The number of hydrogen-bond acceptors (Lipinski definition) is 10. The molecule has 10 heteroatoms. The van der Waals surface area contributed by atoms with Gasteiger partial charge in [0.1, 0.15) is 24.2 Å². The molecule has 0 saturated carbocycles. The summed E-state index contributed by atoms with van der Waals surface area (Å²) in [6.45, 7) is 7.42. The number of rotatable bonds is 12. The molecule has 0 N–H and O–H groups in total. The molecule has 2 heterocycles. The standard InChI is InChI=1S/C32H36N2O8/c1-6-38-31(36)29(41-21(2)35)18-23-17-22(11-13-25-20-40-32(3,4)42-25)12-14-27(23)39-19-24-15-16-33-30(34-24)26-9-7-8-10-28(26)37-5/h7-17,25,29H,6,18-20H2,1-5H3/b13-11+. The molecule has 0 spiro atoms. The Kier molecular flexibility index (Phi) is 10.3. The zero-order valence-electron chi connectivity index (χ0n) is 24.5. The third-order valence-corrected chi connectivity index (χ3v) is 6.32. The number of carbonyl (C=O) groups is 2. The van der Waals surface area contributed by atoms with Crippen molar-refractivity contribution in [3.63, 3.8) is 0 Å². The average molecular weight is 577 g/mol. The molecular weight excluding hydrogens is 540 g/mol. The van der Waals surface area contributed by atoms with Crippen LogP contribution in [0, 0.1) is 0 Å². The fraction of sp³-hybridized carbons (Fsp3) is 0.375. The highest BCUT2D eigenvalue weighted by molar-refractivity contribution is 5.79. The Bertz CT molecular complexity index is 1420. The maximum Gasteiger partial charge on any atom is 0.347 e. The van der Waals surface area contributed by atoms with E-state index in [4.69, 9.17) is 28.4 Å². The zero-order valence-corrected chi connectivity index (χ0v) is 24.5. The lowest BCUT2D eigenvalue weighted by Crippen LogP contribution is -2.30. The van der Waals surface area contributed by atoms with E-state index in [2.05, 4.69) is 9.97 Å². The normalized spacial score (nSPS) is 16.6. The molecule has 0 aliphatic carbocycles. The second-order valence-electron chi connectivity index (χ2n) is 10.0. The maximum atomic E-state index is 12.6. The molecule has 0 bridgehead atoms. The van der Waals surface area contributed by atoms with Crippen LogP contribution in [0.15, 0.2) is 60.8 Å². The Morgan fingerprint density at radius 3 is 2.67 bits per heavy atom. The van der Waals surface area contributed by atoms with E-state index in [9.17, 15) is 9.59 Å². The van der Waals surface area contributed by atoms with Gasteiger partial charge in [-0.25, -0.2) is 14.8 Å². The SMILES string of the molecule is CCOC(=O)C(Cc1cc(/C=C/C2COC(C)(C)O2)ccc1OCc1ccnc(-c2ccccc2OC)n1)OC(C)=O. The number of aromatic nitrogens is 2. The van der Waals surface area contributed by atoms with Crippen LogP contribution in [0.5, 0.6) is 11.5 Å². The summed E-state index contributed by atoms with van der Waals surface area (Å²) in [6.07, 6.45) is 4.23. The van der Waals surface area contributed by atoms with Gasteiger partial charge in [-0.05, 0) is 62.2 Å². The highest BCUT2D eigenvalue weighted by atomic mass is 16.7. The van der Waals surface area contributed by atoms with E-state index in [0.717, 1.165) is 11.1 Å². The number of esters is 2. The minimum atomic E-state index is -1.13. The van der Waals surface area contributed by atoms with Gasteiger partial charge in [-0.1, -0.05) is 30.4 Å². The number of methoxy groups -OCH3 is 1. The molecule has 2 unspecified atom stereocenters. The van der Waals surface area contributed by atoms with Gasteiger partial charge in [-0.3, -0.25) is 4.79 Å². The first-order chi connectivity index (χ1) is 20.2. The summed E-state index contributed by atoms with van der Waals surface area (Å²) in [5.41, 5.74) is 2.90. The minimum absolute atomic E-state index is 0.0573. The van der Waals surface area contributed by atoms with Gasteiger partial charge in [0.05, 0.1) is 31.6 Å². The van der Waals surface area contributed by atoms with Crippen LogP contribution in [-0.2, 0) is 41.6 Å². The van der Waals surface area contributed by atoms with E-state index >= 15 is 0 Å². The summed E-state index contributed by atoms with van der Waals surface area (Å²) in [5, 5.41) is 0. The van der Waals surface area contributed by atoms with Crippen LogP contribution in [0.1, 0.15) is 44.5 Å². The summed E-state index contributed by atoms with van der Waals surface area (Å²) in [7, 11) is 1.60. The smallest absolute Gasteiger partial charge is 0.347 e. The average Bonchev–Trinajstić information content (AvgIpc) is 3.33. The molecule has 1 fully saturated rings. The summed E-state index contributed by atoms with van der Waals surface area (Å²) in [4.78, 5) is 33.5. The van der Waals surface area contributed by atoms with Crippen LogP contribution in [-0.4, -0.2) is 60.2 Å². The Morgan fingerprint density at radius 1 is 1.14 bits per heavy atom. The summed E-state index contributed by atoms with van der Waals surface area (Å²) >= 11 is 0. The molecule has 10 nitrogen and oxygen atoms in total. The summed E-state index contributed by atoms with van der Waals surface area (Å²) in [6, 6.07) is 14.8. The molecule has 1 aliphatic heterocycles. The number of carbonyl (C=O) groups excluding carboxylic acids is 2. The molecule has 2 atom stereocenters. The van der Waals surface area contributed by atoms with Crippen LogP contribution in [0.4, 0.5) is 0 Å². The molecule has 0 amide bonds. The van der Waals surface area contributed by atoms with Gasteiger partial charge in [0.15, 0.2) is 11.6 Å². The van der Waals surface area contributed by atoms with Crippen LogP contribution in [0.2, 0.25) is 0 Å². The molecule has 0 radical (unpaired) electrons. The fourth-order valence-corrected chi connectivity index (χ4v) is 4.43. The first-order valence-electron chi connectivity index (χ1n) is 13.7. The van der Waals surface area contributed by atoms with E-state index in [-0.39, 0.29) is 25.7 Å². The van der Waals surface area contributed by atoms with Crippen LogP contribution in [0.3, 0.4) is 0 Å². The van der Waals surface area contributed by atoms with Crippen molar-refractivity contribution in [2.75, 3.05) is 20.3 Å². The van der Waals surface area contributed by atoms with Gasteiger partial charge in [-0.15, -0.1) is 0 Å². The number of benzene rings is 2. The van der Waals surface area contributed by atoms with Crippen molar-refractivity contribution in [1.82, 2.24) is 9.97 Å². The van der Waals surface area contributed by atoms with Crippen molar-refractivity contribution in [2.24, 2.45) is 0 Å². The Balaban J connectivity index is 1.59. The molecular formula is C32H36N2O8. The molecule has 222 valence electrons. The number of hydrogen-bond donors (Lipinski definition) is 0. The van der Waals surface area contributed by atoms with Crippen LogP contribution in [0.25, 0.3) is 17.5 Å². The van der Waals surface area contributed by atoms with E-state index in [0.29, 0.717) is 35.2 Å². The quantitative estimate of drug-likeness (QED) is 0.275. The second kappa shape index (κ2) is 14.1. The molecule has 2 aromatic carbocycles. The Labute approximate surface area is 245 Å². The summed E-state index contributed by atoms with van der Waals surface area (Å²) in [5.74, 6) is -0.176. The molecule has 4 rings (SSSR count). The van der Waals surface area contributed by atoms with Crippen molar-refractivity contribution in [3.05, 3.63) is 77.6 Å². The van der Waals surface area contributed by atoms with E-state index in [1.54, 1.807) is 26.3 Å². The predicted molar refractivity (Wildman–Crippen MR) is 155 cm³/mol. The van der Waals surface area contributed by atoms with E-state index in [1.165, 1.54) is 6.92 Å². The third kappa shape index (κ3) is 8.37. The molecule has 1 aliphatic rings. The molecule has 42 heavy (non-hydrogen) atoms. The number of nitrogens with zero attached hydrogens (tertiary/aromatic N) is 2. The highest BCUT2D eigenvalue weighted by Crippen LogP contribution is 2.29. The van der Waals surface area contributed by atoms with Gasteiger partial charge >= 0.3 is 11.9 Å². The number of ether oxygens (including phenoxy) is 6. The van der Waals surface area contributed by atoms with Gasteiger partial charge in [0.2, 0.25) is 6.10 Å². The van der Waals surface area contributed by atoms with Gasteiger partial charge in [-0.2, -0.15) is 0 Å². The zero-order chi connectivity index (χ0) is 30.1. The minimum Gasteiger partial charge on any atom is -0.496 e. The first-order valence-corrected chi connectivity index (χ1v) is 13.7.